The van der Waals surface area contributed by atoms with Gasteiger partial charge in [-0.1, -0.05) is 25.4 Å². The van der Waals surface area contributed by atoms with Crippen molar-refractivity contribution in [3.05, 3.63) is 34.7 Å². The van der Waals surface area contributed by atoms with Crippen molar-refractivity contribution < 1.29 is 0 Å². The molecule has 0 saturated heterocycles. The van der Waals surface area contributed by atoms with E-state index >= 15 is 0 Å². The van der Waals surface area contributed by atoms with E-state index in [4.69, 9.17) is 16.6 Å². The van der Waals surface area contributed by atoms with Crippen molar-refractivity contribution in [1.29, 1.82) is 0 Å². The molecule has 2 aromatic heterocycles. The third kappa shape index (κ3) is 1.36. The summed E-state index contributed by atoms with van der Waals surface area (Å²) in [7, 11) is 0. The van der Waals surface area contributed by atoms with Crippen LogP contribution in [0.4, 0.5) is 0 Å². The number of pyridine rings is 1. The Bertz CT molecular complexity index is 544. The number of hydrogen-bond donors (Lipinski definition) is 0. The molecule has 0 bridgehead atoms. The van der Waals surface area contributed by atoms with Crippen LogP contribution in [0, 0.1) is 0 Å². The zero-order valence-electron chi connectivity index (χ0n) is 9.57. The number of nitrogens with zero attached hydrogens (tertiary/aromatic N) is 2. The second-order valence-electron chi connectivity index (χ2n) is 4.84. The topological polar surface area (TPSA) is 17.3 Å². The summed E-state index contributed by atoms with van der Waals surface area (Å²) < 4.78 is 2.16. The second kappa shape index (κ2) is 3.49. The van der Waals surface area contributed by atoms with Gasteiger partial charge in [0.2, 0.25) is 0 Å². The smallest absolute Gasteiger partial charge is 0.137 e. The summed E-state index contributed by atoms with van der Waals surface area (Å²) >= 11 is 6.05. The molecule has 2 unspecified atom stereocenters. The van der Waals surface area contributed by atoms with Crippen LogP contribution in [-0.2, 0) is 0 Å². The van der Waals surface area contributed by atoms with Crippen molar-refractivity contribution in [1.82, 2.24) is 9.38 Å². The lowest BCUT2D eigenvalue weighted by Crippen LogP contribution is -2.11. The molecule has 1 aliphatic carbocycles. The zero-order chi connectivity index (χ0) is 11.3. The molecule has 2 nitrogen and oxygen atoms in total. The highest BCUT2D eigenvalue weighted by atomic mass is 35.5. The van der Waals surface area contributed by atoms with Gasteiger partial charge in [0, 0.05) is 17.8 Å². The van der Waals surface area contributed by atoms with Crippen molar-refractivity contribution in [2.75, 3.05) is 0 Å². The molecule has 0 aliphatic heterocycles. The molecule has 1 aliphatic rings. The fourth-order valence-electron chi connectivity index (χ4n) is 2.68. The van der Waals surface area contributed by atoms with Crippen molar-refractivity contribution >= 4 is 17.2 Å². The van der Waals surface area contributed by atoms with Crippen LogP contribution in [0.3, 0.4) is 0 Å². The lowest BCUT2D eigenvalue weighted by molar-refractivity contribution is 0.508. The van der Waals surface area contributed by atoms with Crippen LogP contribution in [0.15, 0.2) is 18.3 Å². The van der Waals surface area contributed by atoms with E-state index in [0.29, 0.717) is 11.8 Å². The van der Waals surface area contributed by atoms with Gasteiger partial charge in [0.25, 0.3) is 0 Å². The average molecular weight is 235 g/mol. The fourth-order valence-corrected chi connectivity index (χ4v) is 2.84. The predicted molar refractivity (Wildman–Crippen MR) is 66.3 cm³/mol. The summed E-state index contributed by atoms with van der Waals surface area (Å²) in [5, 5.41) is 0.776. The number of imidazole rings is 1. The van der Waals surface area contributed by atoms with E-state index in [0.717, 1.165) is 10.7 Å². The second-order valence-corrected chi connectivity index (χ2v) is 5.27. The molecule has 3 rings (SSSR count). The lowest BCUT2D eigenvalue weighted by atomic mass is 9.85. The molecule has 0 amide bonds. The largest absolute Gasteiger partial charge is 0.302 e. The molecule has 0 aromatic carbocycles. The standard InChI is InChI=1S/C13H15ClN2/c1-8-3-4-9(2)13-12(8)15-11-6-5-10(14)7-16(11)13/h5-9H,3-4H2,1-2H3. The Labute approximate surface area is 100 Å². The van der Waals surface area contributed by atoms with E-state index in [9.17, 15) is 0 Å². The van der Waals surface area contributed by atoms with Gasteiger partial charge in [-0.2, -0.15) is 0 Å². The first-order valence-corrected chi connectivity index (χ1v) is 6.22. The van der Waals surface area contributed by atoms with E-state index in [-0.39, 0.29) is 0 Å². The molecule has 0 N–H and O–H groups in total. The Morgan fingerprint density at radius 1 is 1.25 bits per heavy atom. The van der Waals surface area contributed by atoms with Gasteiger partial charge in [-0.3, -0.25) is 0 Å². The van der Waals surface area contributed by atoms with E-state index in [1.165, 1.54) is 24.2 Å². The van der Waals surface area contributed by atoms with Gasteiger partial charge < -0.3 is 4.40 Å². The van der Waals surface area contributed by atoms with Crippen LogP contribution in [0.5, 0.6) is 0 Å². The van der Waals surface area contributed by atoms with Crippen LogP contribution in [0.1, 0.15) is 49.9 Å². The first kappa shape index (κ1) is 10.2. The Morgan fingerprint density at radius 3 is 2.81 bits per heavy atom. The summed E-state index contributed by atoms with van der Waals surface area (Å²) in [5.74, 6) is 1.16. The number of fused-ring (bicyclic) bond motifs is 3. The molecule has 84 valence electrons. The average Bonchev–Trinajstić information content (AvgIpc) is 2.63. The van der Waals surface area contributed by atoms with Gasteiger partial charge in [0.1, 0.15) is 5.65 Å². The van der Waals surface area contributed by atoms with Gasteiger partial charge in [-0.25, -0.2) is 4.98 Å². The maximum atomic E-state index is 6.05. The minimum absolute atomic E-state index is 0.574. The number of hydrogen-bond acceptors (Lipinski definition) is 1. The molecule has 3 heteroatoms. The summed E-state index contributed by atoms with van der Waals surface area (Å²) in [5.41, 5.74) is 3.65. The number of halogens is 1. The highest BCUT2D eigenvalue weighted by Gasteiger charge is 2.26. The molecule has 2 heterocycles. The molecule has 0 fully saturated rings. The van der Waals surface area contributed by atoms with Gasteiger partial charge in [0.15, 0.2) is 0 Å². The van der Waals surface area contributed by atoms with Crippen LogP contribution >= 0.6 is 11.6 Å². The molecule has 0 radical (unpaired) electrons. The van der Waals surface area contributed by atoms with Crippen molar-refractivity contribution in [2.24, 2.45) is 0 Å². The maximum Gasteiger partial charge on any atom is 0.137 e. The van der Waals surface area contributed by atoms with E-state index in [1.54, 1.807) is 0 Å². The SMILES string of the molecule is CC1CCC(C)c2c1nc1ccc(Cl)cn21. The fraction of sp³-hybridized carbons (Fsp3) is 0.462. The molecule has 2 aromatic rings. The lowest BCUT2D eigenvalue weighted by Gasteiger charge is -2.23. The number of aromatic nitrogens is 2. The van der Waals surface area contributed by atoms with Gasteiger partial charge in [-0.15, -0.1) is 0 Å². The van der Waals surface area contributed by atoms with Crippen LogP contribution in [-0.4, -0.2) is 9.38 Å². The van der Waals surface area contributed by atoms with Gasteiger partial charge in [0.05, 0.1) is 10.7 Å². The van der Waals surface area contributed by atoms with E-state index in [2.05, 4.69) is 18.2 Å². The van der Waals surface area contributed by atoms with Crippen molar-refractivity contribution in [3.63, 3.8) is 0 Å². The highest BCUT2D eigenvalue weighted by Crippen LogP contribution is 2.38. The number of rotatable bonds is 0. The molecule has 0 saturated carbocycles. The van der Waals surface area contributed by atoms with Gasteiger partial charge in [-0.05, 0) is 30.9 Å². The Morgan fingerprint density at radius 2 is 2.00 bits per heavy atom. The maximum absolute atomic E-state index is 6.05. The minimum atomic E-state index is 0.574. The zero-order valence-corrected chi connectivity index (χ0v) is 10.3. The van der Waals surface area contributed by atoms with Crippen molar-refractivity contribution in [2.45, 2.75) is 38.5 Å². The quantitative estimate of drug-likeness (QED) is 0.674. The first-order chi connectivity index (χ1) is 7.66. The monoisotopic (exact) mass is 234 g/mol. The van der Waals surface area contributed by atoms with Crippen LogP contribution < -0.4 is 0 Å². The third-order valence-corrected chi connectivity index (χ3v) is 3.84. The summed E-state index contributed by atoms with van der Waals surface area (Å²) in [6.07, 6.45) is 4.47. The molecule has 16 heavy (non-hydrogen) atoms. The van der Waals surface area contributed by atoms with Crippen molar-refractivity contribution in [3.8, 4) is 0 Å². The predicted octanol–water partition coefficient (Wildman–Crippen LogP) is 3.99. The normalized spacial score (nSPS) is 24.7. The molecule has 2 atom stereocenters. The molecule has 0 spiro atoms. The van der Waals surface area contributed by atoms with E-state index < -0.39 is 0 Å². The van der Waals surface area contributed by atoms with Crippen LogP contribution in [0.2, 0.25) is 5.02 Å². The highest BCUT2D eigenvalue weighted by molar-refractivity contribution is 6.30. The summed E-state index contributed by atoms with van der Waals surface area (Å²) in [6, 6.07) is 3.91. The molecular weight excluding hydrogens is 220 g/mol. The van der Waals surface area contributed by atoms with Gasteiger partial charge >= 0.3 is 0 Å². The first-order valence-electron chi connectivity index (χ1n) is 5.84. The third-order valence-electron chi connectivity index (χ3n) is 3.61. The molecular formula is C13H15ClN2. The summed E-state index contributed by atoms with van der Waals surface area (Å²) in [6.45, 7) is 4.54. The Kier molecular flexibility index (Phi) is 2.21. The minimum Gasteiger partial charge on any atom is -0.302 e. The van der Waals surface area contributed by atoms with E-state index in [1.807, 2.05) is 18.3 Å². The van der Waals surface area contributed by atoms with Crippen LogP contribution in [0.25, 0.3) is 5.65 Å². The Balaban J connectivity index is 2.33. The Hall–Kier alpha value is -1.02. The summed E-state index contributed by atoms with van der Waals surface area (Å²) in [4.78, 5) is 4.73.